The van der Waals surface area contributed by atoms with Crippen LogP contribution in [0.25, 0.3) is 21.7 Å². The number of rotatable bonds is 5. The smallest absolute Gasteiger partial charge is 0.251 e. The average Bonchev–Trinajstić information content (AvgIpc) is 3.28. The van der Waals surface area contributed by atoms with Gasteiger partial charge < -0.3 is 10.3 Å². The molecule has 0 spiro atoms. The Labute approximate surface area is 168 Å². The first kappa shape index (κ1) is 17.6. The van der Waals surface area contributed by atoms with Crippen molar-refractivity contribution in [1.29, 1.82) is 0 Å². The van der Waals surface area contributed by atoms with Gasteiger partial charge in [0.1, 0.15) is 0 Å². The molecule has 0 aliphatic carbocycles. The van der Waals surface area contributed by atoms with Gasteiger partial charge in [-0.25, -0.2) is 4.90 Å². The lowest BCUT2D eigenvalue weighted by Crippen LogP contribution is -2.39. The van der Waals surface area contributed by atoms with Crippen molar-refractivity contribution in [2.24, 2.45) is 0 Å². The second kappa shape index (κ2) is 7.18. The summed E-state index contributed by atoms with van der Waals surface area (Å²) >= 11 is 0. The minimum atomic E-state index is -0.480. The summed E-state index contributed by atoms with van der Waals surface area (Å²) in [4.78, 5) is 30.3. The third-order valence-electron chi connectivity index (χ3n) is 5.61. The Morgan fingerprint density at radius 2 is 1.69 bits per heavy atom. The number of hydrogen-bond donors (Lipinski definition) is 2. The molecule has 5 heteroatoms. The molecule has 5 rings (SSSR count). The van der Waals surface area contributed by atoms with Crippen LogP contribution in [0.2, 0.25) is 0 Å². The predicted octanol–water partition coefficient (Wildman–Crippen LogP) is 3.79. The number of imide groups is 1. The van der Waals surface area contributed by atoms with E-state index >= 15 is 0 Å². The highest BCUT2D eigenvalue weighted by molar-refractivity contribution is 6.25. The van der Waals surface area contributed by atoms with Gasteiger partial charge in [0.25, 0.3) is 5.91 Å². The van der Waals surface area contributed by atoms with Gasteiger partial charge in [0.15, 0.2) is 0 Å². The number of nitrogens with one attached hydrogen (secondary N) is 2. The summed E-state index contributed by atoms with van der Waals surface area (Å²) < 4.78 is 0. The van der Waals surface area contributed by atoms with Gasteiger partial charge in [-0.15, -0.1) is 0 Å². The first-order valence-electron chi connectivity index (χ1n) is 9.85. The first-order valence-corrected chi connectivity index (χ1v) is 9.85. The van der Waals surface area contributed by atoms with E-state index in [1.165, 1.54) is 15.8 Å². The zero-order valence-corrected chi connectivity index (χ0v) is 15.9. The highest BCUT2D eigenvalue weighted by Gasteiger charge is 2.39. The molecule has 4 aromatic rings. The molecule has 0 radical (unpaired) electrons. The number of H-pyrrole nitrogens is 1. The summed E-state index contributed by atoms with van der Waals surface area (Å²) in [7, 11) is 0. The molecule has 3 aromatic carbocycles. The second-order valence-corrected chi connectivity index (χ2v) is 7.39. The SMILES string of the molecule is O=C1CC(NCCc2c[nH]c3ccccc23)C(=O)N1c1cccc2ccccc12. The molecule has 1 aliphatic rings. The monoisotopic (exact) mass is 383 g/mol. The van der Waals surface area contributed by atoms with Crippen LogP contribution in [-0.2, 0) is 16.0 Å². The molecule has 1 saturated heterocycles. The quantitative estimate of drug-likeness (QED) is 0.516. The summed E-state index contributed by atoms with van der Waals surface area (Å²) in [6, 6.07) is 21.2. The maximum absolute atomic E-state index is 13.0. The van der Waals surface area contributed by atoms with Crippen LogP contribution in [0.5, 0.6) is 0 Å². The summed E-state index contributed by atoms with van der Waals surface area (Å²) in [6.45, 7) is 0.634. The van der Waals surface area contributed by atoms with Crippen LogP contribution in [-0.4, -0.2) is 29.4 Å². The molecular formula is C24H21N3O2. The van der Waals surface area contributed by atoms with Gasteiger partial charge in [-0.05, 0) is 29.5 Å². The molecular weight excluding hydrogens is 362 g/mol. The fourth-order valence-electron chi connectivity index (χ4n) is 4.17. The minimum absolute atomic E-state index is 0.157. The third kappa shape index (κ3) is 3.09. The number of aromatic nitrogens is 1. The number of para-hydroxylation sites is 1. The lowest BCUT2D eigenvalue weighted by Gasteiger charge is -2.17. The van der Waals surface area contributed by atoms with Gasteiger partial charge in [-0.2, -0.15) is 0 Å². The van der Waals surface area contributed by atoms with Crippen LogP contribution < -0.4 is 10.2 Å². The molecule has 2 amide bonds. The lowest BCUT2D eigenvalue weighted by molar-refractivity contribution is -0.121. The zero-order chi connectivity index (χ0) is 19.8. The summed E-state index contributed by atoms with van der Waals surface area (Å²) in [6.07, 6.45) is 2.99. The number of fused-ring (bicyclic) bond motifs is 2. The summed E-state index contributed by atoms with van der Waals surface area (Å²) in [5.41, 5.74) is 2.98. The lowest BCUT2D eigenvalue weighted by atomic mass is 10.1. The fourth-order valence-corrected chi connectivity index (χ4v) is 4.17. The Balaban J connectivity index is 1.32. The topological polar surface area (TPSA) is 65.2 Å². The third-order valence-corrected chi connectivity index (χ3v) is 5.61. The number of aromatic amines is 1. The van der Waals surface area contributed by atoms with Gasteiger partial charge in [-0.1, -0.05) is 54.6 Å². The largest absolute Gasteiger partial charge is 0.361 e. The summed E-state index contributed by atoms with van der Waals surface area (Å²) in [5, 5.41) is 6.41. The zero-order valence-electron chi connectivity index (χ0n) is 15.9. The van der Waals surface area contributed by atoms with Crippen LogP contribution >= 0.6 is 0 Å². The standard InChI is InChI=1S/C24H21N3O2/c28-23-14-21(25-13-12-17-15-26-20-10-4-3-8-18(17)20)24(29)27(23)22-11-5-7-16-6-1-2-9-19(16)22/h1-11,15,21,25-26H,12-14H2. The van der Waals surface area contributed by atoms with E-state index in [-0.39, 0.29) is 18.2 Å². The Morgan fingerprint density at radius 3 is 2.59 bits per heavy atom. The van der Waals surface area contributed by atoms with E-state index in [9.17, 15) is 9.59 Å². The molecule has 29 heavy (non-hydrogen) atoms. The Kier molecular flexibility index (Phi) is 4.37. The molecule has 5 nitrogen and oxygen atoms in total. The van der Waals surface area contributed by atoms with E-state index in [0.29, 0.717) is 12.2 Å². The highest BCUT2D eigenvalue weighted by atomic mass is 16.2. The molecule has 0 bridgehead atoms. The van der Waals surface area contributed by atoms with E-state index in [1.807, 2.05) is 66.9 Å². The van der Waals surface area contributed by atoms with Crippen molar-refractivity contribution in [3.05, 3.63) is 78.5 Å². The number of nitrogens with zero attached hydrogens (tertiary/aromatic N) is 1. The number of amides is 2. The molecule has 1 aliphatic heterocycles. The Hall–Kier alpha value is -3.44. The maximum Gasteiger partial charge on any atom is 0.251 e. The maximum atomic E-state index is 13.0. The van der Waals surface area contributed by atoms with Gasteiger partial charge in [-0.3, -0.25) is 9.59 Å². The van der Waals surface area contributed by atoms with Crippen LogP contribution in [0, 0.1) is 0 Å². The van der Waals surface area contributed by atoms with Crippen molar-refractivity contribution in [3.63, 3.8) is 0 Å². The average molecular weight is 383 g/mol. The molecule has 1 atom stereocenters. The van der Waals surface area contributed by atoms with Gasteiger partial charge in [0, 0.05) is 29.0 Å². The number of benzene rings is 3. The van der Waals surface area contributed by atoms with Crippen molar-refractivity contribution in [3.8, 4) is 0 Å². The summed E-state index contributed by atoms with van der Waals surface area (Å²) in [5.74, 6) is -0.332. The molecule has 144 valence electrons. The van der Waals surface area contributed by atoms with Crippen molar-refractivity contribution < 1.29 is 9.59 Å². The number of anilines is 1. The minimum Gasteiger partial charge on any atom is -0.361 e. The molecule has 2 N–H and O–H groups in total. The van der Waals surface area contributed by atoms with E-state index in [1.54, 1.807) is 0 Å². The number of carbonyl (C=O) groups is 2. The van der Waals surface area contributed by atoms with E-state index in [0.717, 1.165) is 22.7 Å². The van der Waals surface area contributed by atoms with Crippen LogP contribution in [0.4, 0.5) is 5.69 Å². The molecule has 1 fully saturated rings. The van der Waals surface area contributed by atoms with Crippen LogP contribution in [0.1, 0.15) is 12.0 Å². The Bertz CT molecular complexity index is 1220. The van der Waals surface area contributed by atoms with E-state index in [2.05, 4.69) is 16.4 Å². The number of carbonyl (C=O) groups excluding carboxylic acids is 2. The van der Waals surface area contributed by atoms with Crippen LogP contribution in [0.15, 0.2) is 72.9 Å². The second-order valence-electron chi connectivity index (χ2n) is 7.39. The molecule has 1 aromatic heterocycles. The van der Waals surface area contributed by atoms with Crippen LogP contribution in [0.3, 0.4) is 0 Å². The fraction of sp³-hybridized carbons (Fsp3) is 0.167. The van der Waals surface area contributed by atoms with Gasteiger partial charge in [0.2, 0.25) is 5.91 Å². The van der Waals surface area contributed by atoms with Gasteiger partial charge >= 0.3 is 0 Å². The predicted molar refractivity (Wildman–Crippen MR) is 115 cm³/mol. The molecule has 2 heterocycles. The molecule has 1 unspecified atom stereocenters. The number of hydrogen-bond acceptors (Lipinski definition) is 3. The van der Waals surface area contributed by atoms with Crippen molar-refractivity contribution in [2.75, 3.05) is 11.4 Å². The normalized spacial score (nSPS) is 17.0. The van der Waals surface area contributed by atoms with Crippen molar-refractivity contribution in [2.45, 2.75) is 18.9 Å². The van der Waals surface area contributed by atoms with Crippen molar-refractivity contribution >= 4 is 39.2 Å². The first-order chi connectivity index (χ1) is 14.2. The van der Waals surface area contributed by atoms with Gasteiger partial charge in [0.05, 0.1) is 18.2 Å². The highest BCUT2D eigenvalue weighted by Crippen LogP contribution is 2.30. The Morgan fingerprint density at radius 1 is 0.931 bits per heavy atom. The van der Waals surface area contributed by atoms with E-state index < -0.39 is 6.04 Å². The molecule has 0 saturated carbocycles. The van der Waals surface area contributed by atoms with E-state index in [4.69, 9.17) is 0 Å². The van der Waals surface area contributed by atoms with Crippen molar-refractivity contribution in [1.82, 2.24) is 10.3 Å².